The van der Waals surface area contributed by atoms with Gasteiger partial charge in [0, 0.05) is 6.04 Å². The second kappa shape index (κ2) is 8.29. The first-order valence-corrected chi connectivity index (χ1v) is 10.00. The Morgan fingerprint density at radius 3 is 2.71 bits per heavy atom. The molecule has 7 heteroatoms. The van der Waals surface area contributed by atoms with Gasteiger partial charge in [-0.1, -0.05) is 31.9 Å². The summed E-state index contributed by atoms with van der Waals surface area (Å²) in [6.45, 7) is 3.59. The molecule has 0 unspecified atom stereocenters. The lowest BCUT2D eigenvalue weighted by Gasteiger charge is -2.36. The average molecular weight is 389 g/mol. The van der Waals surface area contributed by atoms with E-state index < -0.39 is 11.6 Å². The van der Waals surface area contributed by atoms with Crippen LogP contribution in [0.1, 0.15) is 51.5 Å². The summed E-state index contributed by atoms with van der Waals surface area (Å²) < 4.78 is 12.9. The van der Waals surface area contributed by atoms with E-state index in [0.717, 1.165) is 29.7 Å². The molecule has 4 amide bonds. The summed E-state index contributed by atoms with van der Waals surface area (Å²) in [6, 6.07) is 5.68. The maximum atomic E-state index is 12.9. The number of carbonyl (C=O) groups is 3. The molecule has 6 nitrogen and oxygen atoms in total. The third-order valence-corrected chi connectivity index (χ3v) is 5.99. The summed E-state index contributed by atoms with van der Waals surface area (Å²) in [7, 11) is 0. The molecule has 0 aromatic heterocycles. The first kappa shape index (κ1) is 20.3. The Hall–Kier alpha value is -2.44. The number of imide groups is 1. The first-order chi connectivity index (χ1) is 13.3. The van der Waals surface area contributed by atoms with Crippen molar-refractivity contribution in [2.24, 2.45) is 5.92 Å². The molecule has 1 aromatic carbocycles. The summed E-state index contributed by atoms with van der Waals surface area (Å²) in [4.78, 5) is 38.7. The molecule has 2 N–H and O–H groups in total. The van der Waals surface area contributed by atoms with Crippen LogP contribution >= 0.6 is 0 Å². The highest BCUT2D eigenvalue weighted by Crippen LogP contribution is 2.38. The molecule has 1 saturated heterocycles. The molecule has 0 radical (unpaired) electrons. The number of aryl methyl sites for hydroxylation is 1. The smallest absolute Gasteiger partial charge is 0.325 e. The van der Waals surface area contributed by atoms with Gasteiger partial charge in [0.1, 0.15) is 17.9 Å². The van der Waals surface area contributed by atoms with Crippen molar-refractivity contribution in [3.8, 4) is 0 Å². The van der Waals surface area contributed by atoms with Crippen molar-refractivity contribution in [3.05, 3.63) is 35.6 Å². The molecular formula is C21H28FN3O3. The predicted molar refractivity (Wildman–Crippen MR) is 103 cm³/mol. The Bertz CT molecular complexity index is 752. The molecular weight excluding hydrogens is 361 g/mol. The lowest BCUT2D eigenvalue weighted by Crippen LogP contribution is -2.54. The minimum Gasteiger partial charge on any atom is -0.352 e. The molecule has 1 aromatic rings. The van der Waals surface area contributed by atoms with Gasteiger partial charge in [0.05, 0.1) is 0 Å². The van der Waals surface area contributed by atoms with Gasteiger partial charge in [0.15, 0.2) is 0 Å². The van der Waals surface area contributed by atoms with E-state index in [9.17, 15) is 18.8 Å². The normalized spacial score (nSPS) is 25.7. The standard InChI is InChI=1S/C21H28FN3O3/c1-14-5-3-4-12-21(14)19(27)25(20(28)24-21)13-18(26)23-15(2)6-7-16-8-10-17(22)11-9-16/h8-11,14-15H,3-7,12-13H2,1-2H3,(H,23,26)(H,24,28)/t14-,15-,21-/m1/s1. The molecule has 2 aliphatic rings. The van der Waals surface area contributed by atoms with Crippen LogP contribution in [0.25, 0.3) is 0 Å². The van der Waals surface area contributed by atoms with E-state index >= 15 is 0 Å². The van der Waals surface area contributed by atoms with Crippen LogP contribution in [0, 0.1) is 11.7 Å². The summed E-state index contributed by atoms with van der Waals surface area (Å²) >= 11 is 0. The number of nitrogens with zero attached hydrogens (tertiary/aromatic N) is 1. The fourth-order valence-corrected chi connectivity index (χ4v) is 4.21. The second-order valence-electron chi connectivity index (χ2n) is 8.07. The zero-order chi connectivity index (χ0) is 20.3. The van der Waals surface area contributed by atoms with Gasteiger partial charge >= 0.3 is 6.03 Å². The van der Waals surface area contributed by atoms with Gasteiger partial charge in [-0.25, -0.2) is 9.18 Å². The van der Waals surface area contributed by atoms with E-state index in [1.54, 1.807) is 12.1 Å². The Balaban J connectivity index is 1.52. The van der Waals surface area contributed by atoms with E-state index in [-0.39, 0.29) is 36.1 Å². The monoisotopic (exact) mass is 389 g/mol. The average Bonchev–Trinajstić information content (AvgIpc) is 2.89. The van der Waals surface area contributed by atoms with Gasteiger partial charge in [-0.05, 0) is 56.2 Å². The fourth-order valence-electron chi connectivity index (χ4n) is 4.21. The third kappa shape index (κ3) is 4.18. The van der Waals surface area contributed by atoms with Gasteiger partial charge in [0.2, 0.25) is 5.91 Å². The number of hydrogen-bond donors (Lipinski definition) is 2. The molecule has 3 atom stereocenters. The van der Waals surface area contributed by atoms with Crippen LogP contribution in [0.2, 0.25) is 0 Å². The molecule has 1 spiro atoms. The summed E-state index contributed by atoms with van der Waals surface area (Å²) in [5.74, 6) is -0.835. The van der Waals surface area contributed by atoms with Gasteiger partial charge in [-0.15, -0.1) is 0 Å². The highest BCUT2D eigenvalue weighted by molar-refractivity contribution is 6.09. The van der Waals surface area contributed by atoms with E-state index in [0.29, 0.717) is 19.3 Å². The first-order valence-electron chi connectivity index (χ1n) is 10.00. The van der Waals surface area contributed by atoms with Crippen LogP contribution in [0.4, 0.5) is 9.18 Å². The van der Waals surface area contributed by atoms with Gasteiger partial charge < -0.3 is 10.6 Å². The Labute approximate surface area is 164 Å². The lowest BCUT2D eigenvalue weighted by atomic mass is 9.73. The van der Waals surface area contributed by atoms with E-state index in [1.165, 1.54) is 12.1 Å². The zero-order valence-electron chi connectivity index (χ0n) is 16.5. The highest BCUT2D eigenvalue weighted by atomic mass is 19.1. The summed E-state index contributed by atoms with van der Waals surface area (Å²) in [6.07, 6.45) is 4.86. The summed E-state index contributed by atoms with van der Waals surface area (Å²) in [5.41, 5.74) is 0.147. The number of rotatable bonds is 6. The van der Waals surface area contributed by atoms with Crippen LogP contribution in [-0.4, -0.2) is 40.9 Å². The Morgan fingerprint density at radius 1 is 1.32 bits per heavy atom. The molecule has 1 heterocycles. The largest absolute Gasteiger partial charge is 0.352 e. The van der Waals surface area contributed by atoms with Crippen molar-refractivity contribution >= 4 is 17.8 Å². The molecule has 1 aliphatic carbocycles. The minimum absolute atomic E-state index is 0.0698. The summed E-state index contributed by atoms with van der Waals surface area (Å²) in [5, 5.41) is 5.70. The van der Waals surface area contributed by atoms with Crippen LogP contribution in [0.5, 0.6) is 0 Å². The maximum Gasteiger partial charge on any atom is 0.325 e. The maximum absolute atomic E-state index is 12.9. The fraction of sp³-hybridized carbons (Fsp3) is 0.571. The SMILES string of the molecule is C[C@H](CCc1ccc(F)cc1)NC(=O)CN1C(=O)N[C@@]2(CCCC[C@H]2C)C1=O. The second-order valence-corrected chi connectivity index (χ2v) is 8.07. The lowest BCUT2D eigenvalue weighted by molar-refractivity contribution is -0.137. The van der Waals surface area contributed by atoms with Gasteiger partial charge in [-0.2, -0.15) is 0 Å². The van der Waals surface area contributed by atoms with E-state index in [4.69, 9.17) is 0 Å². The quantitative estimate of drug-likeness (QED) is 0.735. The number of hydrogen-bond acceptors (Lipinski definition) is 3. The molecule has 2 fully saturated rings. The van der Waals surface area contributed by atoms with Crippen molar-refractivity contribution in [2.45, 2.75) is 64.0 Å². The molecule has 1 saturated carbocycles. The van der Waals surface area contributed by atoms with Crippen LogP contribution in [-0.2, 0) is 16.0 Å². The van der Waals surface area contributed by atoms with Crippen molar-refractivity contribution < 1.29 is 18.8 Å². The molecule has 0 bridgehead atoms. The molecule has 3 rings (SSSR count). The topological polar surface area (TPSA) is 78.5 Å². The van der Waals surface area contributed by atoms with Crippen LogP contribution in [0.15, 0.2) is 24.3 Å². The molecule has 152 valence electrons. The number of nitrogens with one attached hydrogen (secondary N) is 2. The van der Waals surface area contributed by atoms with Crippen molar-refractivity contribution in [3.63, 3.8) is 0 Å². The Kier molecular flexibility index (Phi) is 6.01. The highest BCUT2D eigenvalue weighted by Gasteiger charge is 2.55. The van der Waals surface area contributed by atoms with Crippen LogP contribution in [0.3, 0.4) is 0 Å². The van der Waals surface area contributed by atoms with Crippen LogP contribution < -0.4 is 10.6 Å². The number of benzene rings is 1. The number of carbonyl (C=O) groups excluding carboxylic acids is 3. The van der Waals surface area contributed by atoms with Crippen molar-refractivity contribution in [1.29, 1.82) is 0 Å². The zero-order valence-corrected chi connectivity index (χ0v) is 16.5. The van der Waals surface area contributed by atoms with Crippen molar-refractivity contribution in [1.82, 2.24) is 15.5 Å². The minimum atomic E-state index is -0.843. The number of halogens is 1. The van der Waals surface area contributed by atoms with Gasteiger partial charge in [0.25, 0.3) is 5.91 Å². The molecule has 28 heavy (non-hydrogen) atoms. The number of urea groups is 1. The van der Waals surface area contributed by atoms with E-state index in [2.05, 4.69) is 10.6 Å². The predicted octanol–water partition coefficient (Wildman–Crippen LogP) is 2.76. The number of amides is 4. The van der Waals surface area contributed by atoms with Gasteiger partial charge in [-0.3, -0.25) is 14.5 Å². The third-order valence-electron chi connectivity index (χ3n) is 5.99. The van der Waals surface area contributed by atoms with Crippen molar-refractivity contribution in [2.75, 3.05) is 6.54 Å². The Morgan fingerprint density at radius 2 is 2.04 bits per heavy atom. The molecule has 1 aliphatic heterocycles. The van der Waals surface area contributed by atoms with E-state index in [1.807, 2.05) is 13.8 Å².